The van der Waals surface area contributed by atoms with Gasteiger partial charge in [-0.3, -0.25) is 4.79 Å². The van der Waals surface area contributed by atoms with Crippen molar-refractivity contribution in [3.63, 3.8) is 0 Å². The Balaban J connectivity index is 1.63. The van der Waals surface area contributed by atoms with E-state index in [4.69, 9.17) is 4.74 Å². The van der Waals surface area contributed by atoms with Gasteiger partial charge >= 0.3 is 6.18 Å². The highest BCUT2D eigenvalue weighted by molar-refractivity contribution is 7.18. The van der Waals surface area contributed by atoms with E-state index in [0.29, 0.717) is 11.1 Å². The molecule has 0 saturated heterocycles. The number of carbonyl (C=O) groups excluding carboxylic acids is 1. The van der Waals surface area contributed by atoms with Crippen molar-refractivity contribution in [2.45, 2.75) is 39.0 Å². The highest BCUT2D eigenvalue weighted by atomic mass is 32.1. The highest BCUT2D eigenvalue weighted by Crippen LogP contribution is 2.34. The molecule has 4 aromatic heterocycles. The number of carbonyl (C=O) groups is 1. The van der Waals surface area contributed by atoms with Gasteiger partial charge in [0.15, 0.2) is 5.82 Å². The fourth-order valence-corrected chi connectivity index (χ4v) is 4.32. The first-order valence-electron chi connectivity index (χ1n) is 9.89. The predicted octanol–water partition coefficient (Wildman–Crippen LogP) is 4.06. The lowest BCUT2D eigenvalue weighted by molar-refractivity contribution is -0.138. The molecule has 0 radical (unpaired) electrons. The van der Waals surface area contributed by atoms with E-state index < -0.39 is 17.6 Å². The lowest BCUT2D eigenvalue weighted by Crippen LogP contribution is -2.16. The molecular weight excluding hydrogens is 457 g/mol. The van der Waals surface area contributed by atoms with Crippen LogP contribution >= 0.6 is 11.3 Å². The third-order valence-electron chi connectivity index (χ3n) is 5.04. The van der Waals surface area contributed by atoms with Gasteiger partial charge in [-0.1, -0.05) is 11.3 Å². The van der Waals surface area contributed by atoms with E-state index in [1.165, 1.54) is 29.9 Å². The Morgan fingerprint density at radius 2 is 1.91 bits per heavy atom. The van der Waals surface area contributed by atoms with Crippen molar-refractivity contribution in [2.24, 2.45) is 0 Å². The number of methoxy groups -OCH3 is 1. The van der Waals surface area contributed by atoms with Gasteiger partial charge in [-0.15, -0.1) is 4.80 Å². The third-order valence-corrected chi connectivity index (χ3v) is 5.92. The number of hydrogen-bond acceptors (Lipinski definition) is 8. The normalized spacial score (nSPS) is 12.9. The van der Waals surface area contributed by atoms with Crippen LogP contribution in [0.2, 0.25) is 0 Å². The van der Waals surface area contributed by atoms with Crippen LogP contribution in [0.25, 0.3) is 16.2 Å². The predicted molar refractivity (Wildman–Crippen MR) is 114 cm³/mol. The molecule has 4 heterocycles. The Hall–Kier alpha value is -3.25. The first kappa shape index (κ1) is 22.9. The quantitative estimate of drug-likeness (QED) is 0.397. The van der Waals surface area contributed by atoms with Gasteiger partial charge in [0.1, 0.15) is 21.7 Å². The fraction of sp³-hybridized carbons (Fsp3) is 0.333. The van der Waals surface area contributed by atoms with E-state index in [9.17, 15) is 18.0 Å². The molecule has 4 aromatic rings. The molecule has 0 spiro atoms. The average molecular weight is 476 g/mol. The number of ether oxygens (including phenoxy) is 1. The second-order valence-electron chi connectivity index (χ2n) is 7.38. The summed E-state index contributed by atoms with van der Waals surface area (Å²) in [7, 11) is 1.56. The Bertz CT molecular complexity index is 1300. The molecular formula is C21H19F3N6O2S. The molecule has 0 N–H and O–H groups in total. The van der Waals surface area contributed by atoms with Crippen LogP contribution in [0.4, 0.5) is 13.2 Å². The Morgan fingerprint density at radius 3 is 2.58 bits per heavy atom. The molecule has 172 valence electrons. The maximum atomic E-state index is 13.6. The summed E-state index contributed by atoms with van der Waals surface area (Å²) in [5.41, 5.74) is 1.19. The number of alkyl halides is 3. The van der Waals surface area contributed by atoms with Crippen LogP contribution in [0.15, 0.2) is 30.9 Å². The van der Waals surface area contributed by atoms with Crippen molar-refractivity contribution < 1.29 is 22.7 Å². The summed E-state index contributed by atoms with van der Waals surface area (Å²) in [6, 6.07) is 0.910. The summed E-state index contributed by atoms with van der Waals surface area (Å²) in [6.07, 6.45) is 0.0837. The standard InChI is InChI=1S/C21H19F3N6O2S/c1-11(32-3)17-14(10-26-20-18(17)29-12(2)33-20)8-15(31)6-13-7-16(21(22,23)24)19(25-9-13)30-27-4-5-28-30/h4-5,7,9-11H,6,8H2,1-3H3. The summed E-state index contributed by atoms with van der Waals surface area (Å²) in [5.74, 6) is -0.735. The number of aromatic nitrogens is 6. The van der Waals surface area contributed by atoms with Crippen LogP contribution in [-0.4, -0.2) is 42.8 Å². The van der Waals surface area contributed by atoms with Crippen LogP contribution in [0.1, 0.15) is 40.3 Å². The van der Waals surface area contributed by atoms with Crippen LogP contribution in [0.3, 0.4) is 0 Å². The van der Waals surface area contributed by atoms with Gasteiger partial charge in [0.05, 0.1) is 23.5 Å². The molecule has 0 fully saturated rings. The number of pyridine rings is 2. The first-order chi connectivity index (χ1) is 15.7. The minimum absolute atomic E-state index is 0.0215. The maximum Gasteiger partial charge on any atom is 0.420 e. The molecule has 0 aromatic carbocycles. The van der Waals surface area contributed by atoms with E-state index >= 15 is 0 Å². The SMILES string of the molecule is COC(C)c1c(CC(=O)Cc2cnc(-n3nccn3)c(C(F)(F)F)c2)cnc2sc(C)nc12. The second kappa shape index (κ2) is 8.94. The molecule has 8 nitrogen and oxygen atoms in total. The van der Waals surface area contributed by atoms with Crippen LogP contribution in [-0.2, 0) is 28.5 Å². The zero-order valence-electron chi connectivity index (χ0n) is 17.9. The van der Waals surface area contributed by atoms with Gasteiger partial charge in [-0.25, -0.2) is 15.0 Å². The zero-order valence-corrected chi connectivity index (χ0v) is 18.7. The Kier molecular flexibility index (Phi) is 6.21. The summed E-state index contributed by atoms with van der Waals surface area (Å²) < 4.78 is 46.3. The van der Waals surface area contributed by atoms with E-state index in [1.54, 1.807) is 13.3 Å². The lowest BCUT2D eigenvalue weighted by Gasteiger charge is -2.15. The maximum absolute atomic E-state index is 13.6. The fourth-order valence-electron chi connectivity index (χ4n) is 3.54. The van der Waals surface area contributed by atoms with Crippen LogP contribution in [0, 0.1) is 6.92 Å². The molecule has 0 aliphatic heterocycles. The molecule has 4 rings (SSSR count). The zero-order chi connectivity index (χ0) is 23.8. The number of ketones is 1. The number of aryl methyl sites for hydroxylation is 1. The van der Waals surface area contributed by atoms with Crippen LogP contribution in [0.5, 0.6) is 0 Å². The van der Waals surface area contributed by atoms with Crippen molar-refractivity contribution in [1.29, 1.82) is 0 Å². The van der Waals surface area contributed by atoms with Crippen molar-refractivity contribution in [2.75, 3.05) is 7.11 Å². The molecule has 1 unspecified atom stereocenters. The monoisotopic (exact) mass is 476 g/mol. The highest BCUT2D eigenvalue weighted by Gasteiger charge is 2.36. The minimum Gasteiger partial charge on any atom is -0.377 e. The summed E-state index contributed by atoms with van der Waals surface area (Å²) in [6.45, 7) is 3.71. The largest absolute Gasteiger partial charge is 0.420 e. The van der Waals surface area contributed by atoms with Gasteiger partial charge in [0.2, 0.25) is 0 Å². The summed E-state index contributed by atoms with van der Waals surface area (Å²) in [5, 5.41) is 8.28. The average Bonchev–Trinajstić information content (AvgIpc) is 3.41. The molecule has 12 heteroatoms. The molecule has 0 aliphatic rings. The number of thiazole rings is 1. The minimum atomic E-state index is -4.69. The number of fused-ring (bicyclic) bond motifs is 1. The summed E-state index contributed by atoms with van der Waals surface area (Å²) in [4.78, 5) is 27.2. The lowest BCUT2D eigenvalue weighted by atomic mass is 9.97. The number of hydrogen-bond donors (Lipinski definition) is 0. The van der Waals surface area contributed by atoms with Crippen molar-refractivity contribution >= 4 is 27.5 Å². The number of halogens is 3. The second-order valence-corrected chi connectivity index (χ2v) is 8.57. The first-order valence-corrected chi connectivity index (χ1v) is 10.7. The van der Waals surface area contributed by atoms with E-state index in [0.717, 1.165) is 26.3 Å². The van der Waals surface area contributed by atoms with Crippen molar-refractivity contribution in [1.82, 2.24) is 29.9 Å². The molecule has 0 amide bonds. The number of nitrogens with zero attached hydrogens (tertiary/aromatic N) is 6. The Morgan fingerprint density at radius 1 is 1.18 bits per heavy atom. The molecule has 33 heavy (non-hydrogen) atoms. The van der Waals surface area contributed by atoms with Gasteiger partial charge in [0, 0.05) is 37.9 Å². The summed E-state index contributed by atoms with van der Waals surface area (Å²) >= 11 is 1.44. The number of rotatable bonds is 7. The molecule has 0 aliphatic carbocycles. The number of Topliss-reactive ketones (excluding diaryl/α,β-unsaturated/α-hetero) is 1. The third kappa shape index (κ3) is 4.76. The topological polar surface area (TPSA) is 95.7 Å². The molecule has 1 atom stereocenters. The Labute approximate surface area is 190 Å². The van der Waals surface area contributed by atoms with E-state index in [2.05, 4.69) is 25.1 Å². The van der Waals surface area contributed by atoms with E-state index in [-0.39, 0.29) is 30.3 Å². The molecule has 0 saturated carbocycles. The van der Waals surface area contributed by atoms with Crippen molar-refractivity contribution in [3.05, 3.63) is 58.1 Å². The smallest absolute Gasteiger partial charge is 0.377 e. The van der Waals surface area contributed by atoms with Gasteiger partial charge < -0.3 is 4.74 Å². The van der Waals surface area contributed by atoms with Gasteiger partial charge in [-0.2, -0.15) is 23.4 Å². The van der Waals surface area contributed by atoms with Crippen molar-refractivity contribution in [3.8, 4) is 5.82 Å². The van der Waals surface area contributed by atoms with Gasteiger partial charge in [-0.05, 0) is 31.0 Å². The van der Waals surface area contributed by atoms with E-state index in [1.807, 2.05) is 13.8 Å². The van der Waals surface area contributed by atoms with Gasteiger partial charge in [0.25, 0.3) is 0 Å². The van der Waals surface area contributed by atoms with Crippen LogP contribution < -0.4 is 0 Å². The molecule has 0 bridgehead atoms.